The summed E-state index contributed by atoms with van der Waals surface area (Å²) in [6.07, 6.45) is 0. The van der Waals surface area contributed by atoms with Gasteiger partial charge < -0.3 is 16.0 Å². The maximum atomic E-state index is 13.4. The molecule has 1 amide bonds. The first kappa shape index (κ1) is 16.6. The Morgan fingerprint density at radius 3 is 2.85 bits per heavy atom. The number of amides is 1. The third-order valence-electron chi connectivity index (χ3n) is 4.09. The molecule has 1 aromatic carbocycles. The molecule has 3 aromatic rings. The molecule has 4 rings (SSSR count). The molecule has 1 atom stereocenters. The SMILES string of the molecule is Cc1nc(Nc2nc3ccc(F)cc3s2)c2c(n1)NC(C(C)C)C(=O)N2. The highest BCUT2D eigenvalue weighted by Crippen LogP contribution is 2.36. The van der Waals surface area contributed by atoms with E-state index in [0.717, 1.165) is 4.70 Å². The Hall–Kier alpha value is -2.81. The van der Waals surface area contributed by atoms with E-state index in [1.807, 2.05) is 13.8 Å². The number of fused-ring (bicyclic) bond motifs is 2. The normalized spacial score (nSPS) is 16.3. The number of aryl methyl sites for hydroxylation is 1. The minimum absolute atomic E-state index is 0.119. The quantitative estimate of drug-likeness (QED) is 0.650. The van der Waals surface area contributed by atoms with Crippen molar-refractivity contribution in [2.45, 2.75) is 26.8 Å². The number of benzene rings is 1. The molecule has 9 heteroatoms. The number of nitrogens with zero attached hydrogens (tertiary/aromatic N) is 3. The van der Waals surface area contributed by atoms with E-state index in [2.05, 4.69) is 30.9 Å². The Kier molecular flexibility index (Phi) is 3.95. The molecule has 0 saturated heterocycles. The van der Waals surface area contributed by atoms with Gasteiger partial charge >= 0.3 is 0 Å². The molecule has 0 aliphatic carbocycles. The summed E-state index contributed by atoms with van der Waals surface area (Å²) in [5, 5.41) is 9.74. The van der Waals surface area contributed by atoms with Crippen molar-refractivity contribution >= 4 is 49.9 Å². The molecule has 1 aliphatic rings. The largest absolute Gasteiger partial charge is 0.356 e. The zero-order valence-electron chi connectivity index (χ0n) is 14.4. The number of aromatic nitrogens is 3. The standard InChI is InChI=1S/C17H17FN6OS/c1-7(2)12-16(25)23-13-14(22-12)19-8(3)20-15(13)24-17-21-10-5-4-9(18)6-11(10)26-17/h4-7,12H,1-3H3,(H,23,25)(H2,19,20,21,22,24). The highest BCUT2D eigenvalue weighted by atomic mass is 32.1. The molecule has 1 unspecified atom stereocenters. The summed E-state index contributed by atoms with van der Waals surface area (Å²) < 4.78 is 14.1. The molecule has 26 heavy (non-hydrogen) atoms. The van der Waals surface area contributed by atoms with E-state index in [1.54, 1.807) is 13.0 Å². The Bertz CT molecular complexity index is 1020. The lowest BCUT2D eigenvalue weighted by Gasteiger charge is -2.29. The zero-order chi connectivity index (χ0) is 18.4. The van der Waals surface area contributed by atoms with E-state index >= 15 is 0 Å². The Labute approximate surface area is 153 Å². The van der Waals surface area contributed by atoms with Gasteiger partial charge in [-0.1, -0.05) is 25.2 Å². The first-order chi connectivity index (χ1) is 12.4. The molecule has 134 valence electrons. The number of hydrogen-bond acceptors (Lipinski definition) is 7. The highest BCUT2D eigenvalue weighted by Gasteiger charge is 2.31. The first-order valence-electron chi connectivity index (χ1n) is 8.20. The van der Waals surface area contributed by atoms with E-state index in [9.17, 15) is 9.18 Å². The molecular weight excluding hydrogens is 355 g/mol. The van der Waals surface area contributed by atoms with Gasteiger partial charge in [-0.05, 0) is 31.0 Å². The second-order valence-electron chi connectivity index (χ2n) is 6.45. The van der Waals surface area contributed by atoms with Crippen molar-refractivity contribution in [3.8, 4) is 0 Å². The third kappa shape index (κ3) is 2.94. The second kappa shape index (κ2) is 6.17. The molecule has 0 saturated carbocycles. The van der Waals surface area contributed by atoms with Crippen molar-refractivity contribution in [3.05, 3.63) is 29.8 Å². The maximum absolute atomic E-state index is 13.4. The molecule has 3 heterocycles. The maximum Gasteiger partial charge on any atom is 0.247 e. The predicted octanol–water partition coefficient (Wildman–Crippen LogP) is 3.67. The molecule has 2 aromatic heterocycles. The minimum Gasteiger partial charge on any atom is -0.356 e. The van der Waals surface area contributed by atoms with Gasteiger partial charge in [0.05, 0.1) is 10.2 Å². The lowest BCUT2D eigenvalue weighted by Crippen LogP contribution is -2.43. The molecule has 7 nitrogen and oxygen atoms in total. The average Bonchev–Trinajstić information content (AvgIpc) is 2.96. The fourth-order valence-corrected chi connectivity index (χ4v) is 3.71. The van der Waals surface area contributed by atoms with Gasteiger partial charge in [0.25, 0.3) is 0 Å². The molecule has 0 bridgehead atoms. The summed E-state index contributed by atoms with van der Waals surface area (Å²) in [4.78, 5) is 25.6. The van der Waals surface area contributed by atoms with Crippen LogP contribution in [0.15, 0.2) is 18.2 Å². The first-order valence-corrected chi connectivity index (χ1v) is 9.01. The summed E-state index contributed by atoms with van der Waals surface area (Å²) in [7, 11) is 0. The fraction of sp³-hybridized carbons (Fsp3) is 0.294. The Morgan fingerprint density at radius 1 is 1.27 bits per heavy atom. The minimum atomic E-state index is -0.352. The summed E-state index contributed by atoms with van der Waals surface area (Å²) in [5.74, 6) is 1.27. The van der Waals surface area contributed by atoms with E-state index in [-0.39, 0.29) is 23.7 Å². The number of nitrogens with one attached hydrogen (secondary N) is 3. The van der Waals surface area contributed by atoms with Gasteiger partial charge in [0.1, 0.15) is 23.4 Å². The molecule has 0 radical (unpaired) electrons. The van der Waals surface area contributed by atoms with Gasteiger partial charge in [0, 0.05) is 0 Å². The van der Waals surface area contributed by atoms with Crippen molar-refractivity contribution in [1.29, 1.82) is 0 Å². The van der Waals surface area contributed by atoms with Gasteiger partial charge in [0.15, 0.2) is 16.8 Å². The van der Waals surface area contributed by atoms with Crippen molar-refractivity contribution in [3.63, 3.8) is 0 Å². The Balaban J connectivity index is 1.71. The second-order valence-corrected chi connectivity index (χ2v) is 7.49. The van der Waals surface area contributed by atoms with Crippen LogP contribution in [0.25, 0.3) is 10.2 Å². The van der Waals surface area contributed by atoms with Crippen LogP contribution in [0.5, 0.6) is 0 Å². The van der Waals surface area contributed by atoms with Gasteiger partial charge in [-0.15, -0.1) is 0 Å². The summed E-state index contributed by atoms with van der Waals surface area (Å²) in [6, 6.07) is 4.09. The smallest absolute Gasteiger partial charge is 0.247 e. The zero-order valence-corrected chi connectivity index (χ0v) is 15.2. The number of carbonyl (C=O) groups excluding carboxylic acids is 1. The predicted molar refractivity (Wildman–Crippen MR) is 101 cm³/mol. The molecule has 0 fully saturated rings. The number of hydrogen-bond donors (Lipinski definition) is 3. The van der Waals surface area contributed by atoms with Crippen LogP contribution < -0.4 is 16.0 Å². The lowest BCUT2D eigenvalue weighted by molar-refractivity contribution is -0.117. The summed E-state index contributed by atoms with van der Waals surface area (Å²) in [5.41, 5.74) is 1.18. The van der Waals surface area contributed by atoms with Gasteiger partial charge in [0.2, 0.25) is 5.91 Å². The van der Waals surface area contributed by atoms with Crippen LogP contribution in [-0.4, -0.2) is 26.9 Å². The number of rotatable bonds is 3. The monoisotopic (exact) mass is 372 g/mol. The van der Waals surface area contributed by atoms with Crippen molar-refractivity contribution < 1.29 is 9.18 Å². The van der Waals surface area contributed by atoms with Crippen LogP contribution in [-0.2, 0) is 4.79 Å². The van der Waals surface area contributed by atoms with E-state index in [1.165, 1.54) is 23.5 Å². The number of anilines is 4. The van der Waals surface area contributed by atoms with Crippen LogP contribution in [0.3, 0.4) is 0 Å². The number of thiazole rings is 1. The number of halogens is 1. The number of carbonyl (C=O) groups is 1. The third-order valence-corrected chi connectivity index (χ3v) is 5.02. The fourth-order valence-electron chi connectivity index (χ4n) is 2.82. The molecule has 3 N–H and O–H groups in total. The molecule has 1 aliphatic heterocycles. The van der Waals surface area contributed by atoms with Crippen LogP contribution in [0, 0.1) is 18.7 Å². The van der Waals surface area contributed by atoms with Crippen LogP contribution >= 0.6 is 11.3 Å². The van der Waals surface area contributed by atoms with E-state index < -0.39 is 0 Å². The summed E-state index contributed by atoms with van der Waals surface area (Å²) in [6.45, 7) is 5.72. The topological polar surface area (TPSA) is 91.8 Å². The average molecular weight is 372 g/mol. The van der Waals surface area contributed by atoms with Crippen molar-refractivity contribution in [2.75, 3.05) is 16.0 Å². The van der Waals surface area contributed by atoms with Crippen molar-refractivity contribution in [2.24, 2.45) is 5.92 Å². The molecule has 0 spiro atoms. The van der Waals surface area contributed by atoms with Crippen molar-refractivity contribution in [1.82, 2.24) is 15.0 Å². The van der Waals surface area contributed by atoms with Crippen LogP contribution in [0.2, 0.25) is 0 Å². The Morgan fingerprint density at radius 2 is 2.08 bits per heavy atom. The van der Waals surface area contributed by atoms with Gasteiger partial charge in [-0.3, -0.25) is 4.79 Å². The van der Waals surface area contributed by atoms with Crippen LogP contribution in [0.4, 0.5) is 26.8 Å². The van der Waals surface area contributed by atoms with E-state index in [4.69, 9.17) is 0 Å². The lowest BCUT2D eigenvalue weighted by atomic mass is 10.0. The van der Waals surface area contributed by atoms with Gasteiger partial charge in [-0.2, -0.15) is 0 Å². The van der Waals surface area contributed by atoms with Gasteiger partial charge in [-0.25, -0.2) is 19.3 Å². The van der Waals surface area contributed by atoms with Crippen LogP contribution in [0.1, 0.15) is 19.7 Å². The summed E-state index contributed by atoms with van der Waals surface area (Å²) >= 11 is 1.31. The molecular formula is C17H17FN6OS. The highest BCUT2D eigenvalue weighted by molar-refractivity contribution is 7.22. The van der Waals surface area contributed by atoms with E-state index in [0.29, 0.717) is 33.8 Å².